The molecule has 1 N–H and O–H groups in total. The van der Waals surface area contributed by atoms with Gasteiger partial charge in [-0.05, 0) is 44.2 Å². The minimum absolute atomic E-state index is 0.225. The fourth-order valence-electron chi connectivity index (χ4n) is 3.07. The fourth-order valence-corrected chi connectivity index (χ4v) is 3.26. The van der Waals surface area contributed by atoms with Crippen LogP contribution in [0.4, 0.5) is 4.79 Å². The highest BCUT2D eigenvalue weighted by Crippen LogP contribution is 2.26. The van der Waals surface area contributed by atoms with Crippen LogP contribution in [-0.4, -0.2) is 23.2 Å². The summed E-state index contributed by atoms with van der Waals surface area (Å²) in [5.41, 5.74) is 2.18. The normalized spacial score (nSPS) is 13.1. The summed E-state index contributed by atoms with van der Waals surface area (Å²) in [6, 6.07) is 9.59. The first-order valence-electron chi connectivity index (χ1n) is 9.43. The van der Waals surface area contributed by atoms with Crippen LogP contribution >= 0.6 is 11.6 Å². The van der Waals surface area contributed by atoms with Crippen molar-refractivity contribution in [1.82, 2.24) is 10.3 Å². The summed E-state index contributed by atoms with van der Waals surface area (Å²) in [6.45, 7) is 10.5. The van der Waals surface area contributed by atoms with Crippen molar-refractivity contribution in [1.29, 1.82) is 0 Å². The van der Waals surface area contributed by atoms with Gasteiger partial charge in [-0.2, -0.15) is 0 Å². The highest BCUT2D eigenvalue weighted by Gasteiger charge is 2.30. The molecule has 28 heavy (non-hydrogen) atoms. The van der Waals surface area contributed by atoms with Gasteiger partial charge < -0.3 is 14.8 Å². The number of hydrogen-bond donors (Lipinski definition) is 1. The van der Waals surface area contributed by atoms with Gasteiger partial charge in [-0.25, -0.2) is 9.78 Å². The zero-order chi connectivity index (χ0) is 20.7. The molecule has 0 aliphatic carbocycles. The lowest BCUT2D eigenvalue weighted by molar-refractivity contribution is 0.108. The second-order valence-corrected chi connectivity index (χ2v) is 8.20. The van der Waals surface area contributed by atoms with Crippen LogP contribution in [0.1, 0.15) is 43.9 Å². The SMILES string of the molecule is Cc1c(Cl)cnc(OCC(C)(CC(C)C)NC(=O)OCc2ccccc2)c1C. The molecule has 1 atom stereocenters. The van der Waals surface area contributed by atoms with Gasteiger partial charge >= 0.3 is 6.09 Å². The van der Waals surface area contributed by atoms with E-state index in [1.165, 1.54) is 0 Å². The van der Waals surface area contributed by atoms with Crippen molar-refractivity contribution < 1.29 is 14.3 Å². The third-order valence-electron chi connectivity index (χ3n) is 4.54. The van der Waals surface area contributed by atoms with Crippen LogP contribution in [0.2, 0.25) is 5.02 Å². The Morgan fingerprint density at radius 1 is 1.21 bits per heavy atom. The molecule has 0 aliphatic heterocycles. The number of aromatic nitrogens is 1. The predicted molar refractivity (Wildman–Crippen MR) is 112 cm³/mol. The van der Waals surface area contributed by atoms with E-state index in [9.17, 15) is 4.79 Å². The first kappa shape index (κ1) is 22.0. The lowest BCUT2D eigenvalue weighted by Crippen LogP contribution is -2.51. The molecule has 0 radical (unpaired) electrons. The van der Waals surface area contributed by atoms with Gasteiger partial charge in [-0.1, -0.05) is 55.8 Å². The molecular formula is C22H29ClN2O3. The molecule has 0 fully saturated rings. The van der Waals surface area contributed by atoms with E-state index in [4.69, 9.17) is 21.1 Å². The Morgan fingerprint density at radius 3 is 2.54 bits per heavy atom. The lowest BCUT2D eigenvalue weighted by Gasteiger charge is -2.32. The Morgan fingerprint density at radius 2 is 1.89 bits per heavy atom. The molecule has 5 nitrogen and oxygen atoms in total. The van der Waals surface area contributed by atoms with Gasteiger partial charge in [0.1, 0.15) is 13.2 Å². The second-order valence-electron chi connectivity index (χ2n) is 7.80. The van der Waals surface area contributed by atoms with Gasteiger partial charge in [-0.15, -0.1) is 0 Å². The van der Waals surface area contributed by atoms with Gasteiger partial charge in [-0.3, -0.25) is 0 Å². The van der Waals surface area contributed by atoms with E-state index in [1.54, 1.807) is 6.20 Å². The zero-order valence-electron chi connectivity index (χ0n) is 17.2. The van der Waals surface area contributed by atoms with E-state index >= 15 is 0 Å². The lowest BCUT2D eigenvalue weighted by atomic mass is 9.91. The van der Waals surface area contributed by atoms with Crippen LogP contribution in [0.25, 0.3) is 0 Å². The standard InChI is InChI=1S/C22H29ClN2O3/c1-15(2)11-22(5,14-28-20-17(4)16(3)19(23)12-24-20)25-21(26)27-13-18-9-7-6-8-10-18/h6-10,12,15H,11,13-14H2,1-5H3,(H,25,26). The second kappa shape index (κ2) is 9.78. The molecule has 2 aromatic rings. The van der Waals surface area contributed by atoms with Crippen LogP contribution in [-0.2, 0) is 11.3 Å². The third-order valence-corrected chi connectivity index (χ3v) is 4.92. The van der Waals surface area contributed by atoms with Crippen molar-refractivity contribution in [2.75, 3.05) is 6.61 Å². The first-order valence-corrected chi connectivity index (χ1v) is 9.81. The van der Waals surface area contributed by atoms with E-state index in [0.29, 0.717) is 16.8 Å². The van der Waals surface area contributed by atoms with Gasteiger partial charge in [0.15, 0.2) is 0 Å². The predicted octanol–water partition coefficient (Wildman–Crippen LogP) is 5.46. The minimum atomic E-state index is -0.594. The maximum absolute atomic E-state index is 12.4. The van der Waals surface area contributed by atoms with Crippen molar-refractivity contribution in [3.8, 4) is 5.88 Å². The van der Waals surface area contributed by atoms with Crippen molar-refractivity contribution in [2.24, 2.45) is 5.92 Å². The number of hydrogen-bond acceptors (Lipinski definition) is 4. The molecule has 1 aromatic carbocycles. The summed E-state index contributed by atoms with van der Waals surface area (Å²) in [7, 11) is 0. The molecule has 0 saturated carbocycles. The summed E-state index contributed by atoms with van der Waals surface area (Å²) >= 11 is 6.11. The summed E-state index contributed by atoms with van der Waals surface area (Å²) in [6.07, 6.45) is 1.85. The number of carbonyl (C=O) groups is 1. The number of nitrogens with zero attached hydrogens (tertiary/aromatic N) is 1. The van der Waals surface area contributed by atoms with Crippen LogP contribution < -0.4 is 10.1 Å². The Bertz CT molecular complexity index is 796. The average Bonchev–Trinajstić information content (AvgIpc) is 2.64. The molecule has 0 saturated heterocycles. The summed E-state index contributed by atoms with van der Waals surface area (Å²) in [5.74, 6) is 0.889. The number of ether oxygens (including phenoxy) is 2. The van der Waals surface area contributed by atoms with Crippen molar-refractivity contribution in [3.05, 3.63) is 58.2 Å². The molecule has 6 heteroatoms. The average molecular weight is 405 g/mol. The van der Waals surface area contributed by atoms with Crippen LogP contribution in [0.3, 0.4) is 0 Å². The van der Waals surface area contributed by atoms with Crippen molar-refractivity contribution in [3.63, 3.8) is 0 Å². The van der Waals surface area contributed by atoms with E-state index in [0.717, 1.165) is 23.1 Å². The third kappa shape index (κ3) is 6.41. The minimum Gasteiger partial charge on any atom is -0.475 e. The Labute approximate surface area is 172 Å². The zero-order valence-corrected chi connectivity index (χ0v) is 18.0. The molecule has 1 heterocycles. The molecule has 152 valence electrons. The number of carbonyl (C=O) groups excluding carboxylic acids is 1. The quantitative estimate of drug-likeness (QED) is 0.634. The Hall–Kier alpha value is -2.27. The number of benzene rings is 1. The number of alkyl carbamates (subject to hydrolysis) is 1. The van der Waals surface area contributed by atoms with Crippen LogP contribution in [0.5, 0.6) is 5.88 Å². The van der Waals surface area contributed by atoms with E-state index in [1.807, 2.05) is 51.1 Å². The topological polar surface area (TPSA) is 60.5 Å². The number of amides is 1. The van der Waals surface area contributed by atoms with Crippen molar-refractivity contribution >= 4 is 17.7 Å². The fraction of sp³-hybridized carbons (Fsp3) is 0.455. The number of nitrogens with one attached hydrogen (secondary N) is 1. The summed E-state index contributed by atoms with van der Waals surface area (Å²) in [5, 5.41) is 3.58. The van der Waals surface area contributed by atoms with Gasteiger partial charge in [0.2, 0.25) is 5.88 Å². The van der Waals surface area contributed by atoms with Crippen LogP contribution in [0.15, 0.2) is 36.5 Å². The Balaban J connectivity index is 2.02. The molecule has 1 aromatic heterocycles. The molecule has 1 amide bonds. The largest absolute Gasteiger partial charge is 0.475 e. The van der Waals surface area contributed by atoms with Gasteiger partial charge in [0, 0.05) is 11.8 Å². The van der Waals surface area contributed by atoms with Gasteiger partial charge in [0.25, 0.3) is 0 Å². The van der Waals surface area contributed by atoms with Crippen LogP contribution in [0, 0.1) is 19.8 Å². The molecule has 2 rings (SSSR count). The van der Waals surface area contributed by atoms with Gasteiger partial charge in [0.05, 0.1) is 10.6 Å². The highest BCUT2D eigenvalue weighted by atomic mass is 35.5. The summed E-state index contributed by atoms with van der Waals surface area (Å²) in [4.78, 5) is 16.6. The van der Waals surface area contributed by atoms with E-state index < -0.39 is 11.6 Å². The summed E-state index contributed by atoms with van der Waals surface area (Å²) < 4.78 is 11.3. The number of pyridine rings is 1. The smallest absolute Gasteiger partial charge is 0.408 e. The number of rotatable bonds is 8. The molecule has 0 spiro atoms. The maximum Gasteiger partial charge on any atom is 0.408 e. The highest BCUT2D eigenvalue weighted by molar-refractivity contribution is 6.31. The monoisotopic (exact) mass is 404 g/mol. The molecule has 1 unspecified atom stereocenters. The van der Waals surface area contributed by atoms with E-state index in [-0.39, 0.29) is 13.2 Å². The van der Waals surface area contributed by atoms with Crippen molar-refractivity contribution in [2.45, 2.75) is 53.2 Å². The molecule has 0 bridgehead atoms. The Kier molecular flexibility index (Phi) is 7.69. The molecule has 0 aliphatic rings. The first-order chi connectivity index (χ1) is 13.2. The maximum atomic E-state index is 12.4. The molecular weight excluding hydrogens is 376 g/mol. The van der Waals surface area contributed by atoms with E-state index in [2.05, 4.69) is 24.1 Å². The number of halogens is 1.